The van der Waals surface area contributed by atoms with Crippen LogP contribution in [0, 0.1) is 5.82 Å². The number of carbonyl (C=O) groups is 2. The lowest BCUT2D eigenvalue weighted by molar-refractivity contribution is -0.132. The van der Waals surface area contributed by atoms with Crippen molar-refractivity contribution < 1.29 is 33.3 Å². The molecule has 1 aliphatic heterocycles. The summed E-state index contributed by atoms with van der Waals surface area (Å²) in [4.78, 5) is 28.0. The van der Waals surface area contributed by atoms with E-state index in [-0.39, 0.29) is 16.9 Å². The van der Waals surface area contributed by atoms with Crippen molar-refractivity contribution in [3.63, 3.8) is 0 Å². The zero-order valence-electron chi connectivity index (χ0n) is 20.2. The van der Waals surface area contributed by atoms with Gasteiger partial charge in [0.2, 0.25) is 0 Å². The molecule has 1 N–H and O–H groups in total. The third kappa shape index (κ3) is 4.62. The van der Waals surface area contributed by atoms with Gasteiger partial charge in [0.05, 0.1) is 38.0 Å². The van der Waals surface area contributed by atoms with Crippen molar-refractivity contribution in [2.75, 3.05) is 25.7 Å². The molecule has 4 rings (SSSR count). The van der Waals surface area contributed by atoms with E-state index in [0.29, 0.717) is 29.4 Å². The van der Waals surface area contributed by atoms with E-state index >= 15 is 0 Å². The highest BCUT2D eigenvalue weighted by Gasteiger charge is 2.47. The minimum atomic E-state index is -0.995. The Kier molecular flexibility index (Phi) is 7.24. The molecule has 0 radical (unpaired) electrons. The van der Waals surface area contributed by atoms with E-state index in [2.05, 4.69) is 0 Å². The van der Waals surface area contributed by atoms with Gasteiger partial charge < -0.3 is 19.3 Å². The van der Waals surface area contributed by atoms with Crippen LogP contribution in [0.3, 0.4) is 0 Å². The number of halogens is 1. The van der Waals surface area contributed by atoms with Crippen LogP contribution in [0.25, 0.3) is 5.76 Å². The Balaban J connectivity index is 1.92. The molecule has 36 heavy (non-hydrogen) atoms. The maximum atomic E-state index is 14.1. The Bertz CT molecular complexity index is 1320. The van der Waals surface area contributed by atoms with Crippen molar-refractivity contribution in [3.05, 3.63) is 89.2 Å². The average molecular weight is 492 g/mol. The SMILES string of the molecule is CCCOc1ccc(C2/C(=C(\O)c3cc(F)ccc3OC)C(=O)C(=O)N2c2cccc(OC)c2)cc1. The van der Waals surface area contributed by atoms with Gasteiger partial charge in [0.15, 0.2) is 0 Å². The molecule has 1 aliphatic rings. The molecule has 1 atom stereocenters. The number of rotatable bonds is 8. The molecule has 0 aliphatic carbocycles. The second-order valence-electron chi connectivity index (χ2n) is 8.13. The summed E-state index contributed by atoms with van der Waals surface area (Å²) in [6, 6.07) is 16.2. The summed E-state index contributed by atoms with van der Waals surface area (Å²) in [6.45, 7) is 2.54. The van der Waals surface area contributed by atoms with E-state index in [9.17, 15) is 19.1 Å². The molecular formula is C28H26FNO6. The van der Waals surface area contributed by atoms with Crippen molar-refractivity contribution in [1.82, 2.24) is 0 Å². The predicted octanol–water partition coefficient (Wildman–Crippen LogP) is 5.26. The van der Waals surface area contributed by atoms with E-state index in [1.807, 2.05) is 6.92 Å². The Labute approximate surface area is 208 Å². The van der Waals surface area contributed by atoms with Crippen LogP contribution in [0.2, 0.25) is 0 Å². The molecule has 0 spiro atoms. The minimum absolute atomic E-state index is 0.0333. The molecule has 0 bridgehead atoms. The predicted molar refractivity (Wildman–Crippen MR) is 133 cm³/mol. The Hall–Kier alpha value is -4.33. The number of methoxy groups -OCH3 is 2. The molecule has 1 saturated heterocycles. The highest BCUT2D eigenvalue weighted by atomic mass is 19.1. The number of anilines is 1. The van der Waals surface area contributed by atoms with Crippen molar-refractivity contribution in [2.45, 2.75) is 19.4 Å². The fraction of sp³-hybridized carbons (Fsp3) is 0.214. The van der Waals surface area contributed by atoms with Gasteiger partial charge in [-0.1, -0.05) is 25.1 Å². The van der Waals surface area contributed by atoms with Gasteiger partial charge in [-0.25, -0.2) is 4.39 Å². The van der Waals surface area contributed by atoms with Crippen LogP contribution in [0.15, 0.2) is 72.3 Å². The number of carbonyl (C=O) groups excluding carboxylic acids is 2. The van der Waals surface area contributed by atoms with Gasteiger partial charge in [0.1, 0.15) is 28.8 Å². The van der Waals surface area contributed by atoms with Crippen LogP contribution < -0.4 is 19.1 Å². The van der Waals surface area contributed by atoms with Crippen LogP contribution in [0.5, 0.6) is 17.2 Å². The maximum absolute atomic E-state index is 14.1. The van der Waals surface area contributed by atoms with Crippen molar-refractivity contribution in [1.29, 1.82) is 0 Å². The topological polar surface area (TPSA) is 85.3 Å². The molecule has 186 valence electrons. The molecular weight excluding hydrogens is 465 g/mol. The highest BCUT2D eigenvalue weighted by molar-refractivity contribution is 6.51. The van der Waals surface area contributed by atoms with Crippen molar-refractivity contribution >= 4 is 23.1 Å². The first-order valence-corrected chi connectivity index (χ1v) is 11.4. The zero-order chi connectivity index (χ0) is 25.8. The number of nitrogens with zero attached hydrogens (tertiary/aromatic N) is 1. The summed E-state index contributed by atoms with van der Waals surface area (Å²) < 4.78 is 30.4. The summed E-state index contributed by atoms with van der Waals surface area (Å²) in [5.74, 6) is -1.63. The summed E-state index contributed by atoms with van der Waals surface area (Å²) in [7, 11) is 2.86. The highest BCUT2D eigenvalue weighted by Crippen LogP contribution is 2.44. The second-order valence-corrected chi connectivity index (χ2v) is 8.13. The number of hydrogen-bond acceptors (Lipinski definition) is 6. The van der Waals surface area contributed by atoms with E-state index in [1.54, 1.807) is 48.5 Å². The first-order chi connectivity index (χ1) is 17.4. The van der Waals surface area contributed by atoms with E-state index in [0.717, 1.165) is 12.5 Å². The number of hydrogen-bond donors (Lipinski definition) is 1. The third-order valence-electron chi connectivity index (χ3n) is 5.86. The lowest BCUT2D eigenvalue weighted by Crippen LogP contribution is -2.29. The Morgan fingerprint density at radius 2 is 1.72 bits per heavy atom. The second kappa shape index (κ2) is 10.5. The molecule has 1 heterocycles. The molecule has 3 aromatic carbocycles. The normalized spacial score (nSPS) is 16.8. The molecule has 7 nitrogen and oxygen atoms in total. The minimum Gasteiger partial charge on any atom is -0.507 e. The number of aliphatic hydroxyl groups is 1. The van der Waals surface area contributed by atoms with Crippen LogP contribution in [0.4, 0.5) is 10.1 Å². The first-order valence-electron chi connectivity index (χ1n) is 11.4. The van der Waals surface area contributed by atoms with Crippen LogP contribution >= 0.6 is 0 Å². The smallest absolute Gasteiger partial charge is 0.300 e. The lowest BCUT2D eigenvalue weighted by atomic mass is 9.94. The zero-order valence-corrected chi connectivity index (χ0v) is 20.2. The van der Waals surface area contributed by atoms with Crippen molar-refractivity contribution in [3.8, 4) is 17.2 Å². The lowest BCUT2D eigenvalue weighted by Gasteiger charge is -2.26. The first kappa shape index (κ1) is 24.8. The van der Waals surface area contributed by atoms with Gasteiger partial charge in [-0.2, -0.15) is 0 Å². The molecule has 8 heteroatoms. The van der Waals surface area contributed by atoms with Gasteiger partial charge in [0, 0.05) is 11.8 Å². The number of benzene rings is 3. The number of ketones is 1. The van der Waals surface area contributed by atoms with E-state index in [4.69, 9.17) is 14.2 Å². The number of aliphatic hydroxyl groups excluding tert-OH is 1. The average Bonchev–Trinajstić information content (AvgIpc) is 3.17. The molecule has 0 aromatic heterocycles. The Morgan fingerprint density at radius 3 is 2.39 bits per heavy atom. The molecule has 1 amide bonds. The maximum Gasteiger partial charge on any atom is 0.300 e. The van der Waals surface area contributed by atoms with Gasteiger partial charge in [0.25, 0.3) is 11.7 Å². The largest absolute Gasteiger partial charge is 0.507 e. The van der Waals surface area contributed by atoms with Crippen LogP contribution in [0.1, 0.15) is 30.5 Å². The molecule has 0 saturated carbocycles. The number of ether oxygens (including phenoxy) is 3. The van der Waals surface area contributed by atoms with Gasteiger partial charge in [-0.05, 0) is 54.4 Å². The van der Waals surface area contributed by atoms with Crippen molar-refractivity contribution in [2.24, 2.45) is 0 Å². The summed E-state index contributed by atoms with van der Waals surface area (Å²) in [5, 5.41) is 11.3. The van der Waals surface area contributed by atoms with Gasteiger partial charge in [-0.15, -0.1) is 0 Å². The summed E-state index contributed by atoms with van der Waals surface area (Å²) >= 11 is 0. The fourth-order valence-corrected chi connectivity index (χ4v) is 4.15. The van der Waals surface area contributed by atoms with Crippen LogP contribution in [-0.4, -0.2) is 37.6 Å². The van der Waals surface area contributed by atoms with E-state index in [1.165, 1.54) is 31.3 Å². The van der Waals surface area contributed by atoms with Gasteiger partial charge >= 0.3 is 0 Å². The number of Topliss-reactive ketones (excluding diaryl/α,β-unsaturated/α-hetero) is 1. The Morgan fingerprint density at radius 1 is 0.972 bits per heavy atom. The molecule has 1 fully saturated rings. The van der Waals surface area contributed by atoms with Gasteiger partial charge in [-0.3, -0.25) is 14.5 Å². The quantitative estimate of drug-likeness (QED) is 0.263. The third-order valence-corrected chi connectivity index (χ3v) is 5.86. The molecule has 3 aromatic rings. The monoisotopic (exact) mass is 491 g/mol. The summed E-state index contributed by atoms with van der Waals surface area (Å²) in [5.41, 5.74) is 0.735. The summed E-state index contributed by atoms with van der Waals surface area (Å²) in [6.07, 6.45) is 0.841. The molecule has 1 unspecified atom stereocenters. The fourth-order valence-electron chi connectivity index (χ4n) is 4.15. The van der Waals surface area contributed by atoms with E-state index < -0.39 is 29.3 Å². The number of amides is 1. The standard InChI is InChI=1S/C28H26FNO6/c1-4-14-36-20-11-8-17(9-12-20)25-24(26(31)22-15-18(29)10-13-23(22)35-3)27(32)28(33)30(25)19-6-5-7-21(16-19)34-2/h5-13,15-16,25,31H,4,14H2,1-3H3/b26-24+. The van der Waals surface area contributed by atoms with Crippen LogP contribution in [-0.2, 0) is 9.59 Å².